The second-order valence-electron chi connectivity index (χ2n) is 5.43. The van der Waals surface area contributed by atoms with Gasteiger partial charge in [0.1, 0.15) is 5.82 Å². The summed E-state index contributed by atoms with van der Waals surface area (Å²) in [6.07, 6.45) is 5.72. The zero-order chi connectivity index (χ0) is 13.0. The number of aromatic nitrogens is 1. The van der Waals surface area contributed by atoms with Gasteiger partial charge in [-0.25, -0.2) is 4.98 Å². The predicted octanol–water partition coefficient (Wildman–Crippen LogP) is 2.96. The van der Waals surface area contributed by atoms with E-state index in [0.717, 1.165) is 31.4 Å². The fourth-order valence-electron chi connectivity index (χ4n) is 2.22. The van der Waals surface area contributed by atoms with Crippen molar-refractivity contribution in [1.29, 1.82) is 0 Å². The summed E-state index contributed by atoms with van der Waals surface area (Å²) in [7, 11) is 0. The summed E-state index contributed by atoms with van der Waals surface area (Å²) in [6.45, 7) is 8.72. The smallest absolute Gasteiger partial charge is 0.133 e. The first-order valence-corrected chi connectivity index (χ1v) is 7.16. The van der Waals surface area contributed by atoms with Crippen molar-refractivity contribution in [2.75, 3.05) is 11.4 Å². The van der Waals surface area contributed by atoms with Gasteiger partial charge in [-0.1, -0.05) is 13.0 Å². The molecule has 1 fully saturated rings. The molecular weight excluding hydrogens is 222 g/mol. The molecule has 100 valence electrons. The molecule has 0 unspecified atom stereocenters. The quantitative estimate of drug-likeness (QED) is 0.803. The third-order valence-corrected chi connectivity index (χ3v) is 3.39. The molecule has 0 aromatic carbocycles. The summed E-state index contributed by atoms with van der Waals surface area (Å²) >= 11 is 0. The molecule has 0 atom stereocenters. The summed E-state index contributed by atoms with van der Waals surface area (Å²) in [5.74, 6) is 1.16. The highest BCUT2D eigenvalue weighted by Gasteiger charge is 2.21. The van der Waals surface area contributed by atoms with E-state index in [2.05, 4.69) is 42.0 Å². The molecule has 1 aromatic rings. The van der Waals surface area contributed by atoms with Gasteiger partial charge in [0.25, 0.3) is 0 Å². The number of nitrogens with zero attached hydrogens (tertiary/aromatic N) is 2. The van der Waals surface area contributed by atoms with Gasteiger partial charge in [0, 0.05) is 36.9 Å². The van der Waals surface area contributed by atoms with Crippen molar-refractivity contribution in [3.05, 3.63) is 23.9 Å². The van der Waals surface area contributed by atoms with Crippen molar-refractivity contribution < 1.29 is 0 Å². The Balaban J connectivity index is 2.12. The molecule has 1 aliphatic rings. The molecule has 0 radical (unpaired) electrons. The van der Waals surface area contributed by atoms with Gasteiger partial charge in [0.15, 0.2) is 0 Å². The number of nitrogens with one attached hydrogen (secondary N) is 1. The van der Waals surface area contributed by atoms with Gasteiger partial charge >= 0.3 is 0 Å². The van der Waals surface area contributed by atoms with E-state index in [4.69, 9.17) is 0 Å². The van der Waals surface area contributed by atoms with Gasteiger partial charge in [0.2, 0.25) is 0 Å². The molecule has 1 aromatic heterocycles. The average molecular weight is 247 g/mol. The SMILES string of the molecule is CCCN(c1ncccc1CNC1CC1)C(C)C. The van der Waals surface area contributed by atoms with Crippen LogP contribution in [0.2, 0.25) is 0 Å². The van der Waals surface area contributed by atoms with Crippen LogP contribution in [0.25, 0.3) is 0 Å². The van der Waals surface area contributed by atoms with Crippen LogP contribution < -0.4 is 10.2 Å². The van der Waals surface area contributed by atoms with Crippen molar-refractivity contribution in [3.8, 4) is 0 Å². The highest BCUT2D eigenvalue weighted by Crippen LogP contribution is 2.23. The maximum absolute atomic E-state index is 4.60. The Morgan fingerprint density at radius 2 is 2.22 bits per heavy atom. The van der Waals surface area contributed by atoms with E-state index in [-0.39, 0.29) is 0 Å². The maximum Gasteiger partial charge on any atom is 0.133 e. The number of hydrogen-bond donors (Lipinski definition) is 1. The van der Waals surface area contributed by atoms with Crippen LogP contribution in [0.4, 0.5) is 5.82 Å². The minimum atomic E-state index is 0.500. The Morgan fingerprint density at radius 3 is 2.83 bits per heavy atom. The zero-order valence-corrected chi connectivity index (χ0v) is 11.8. The first-order valence-electron chi connectivity index (χ1n) is 7.16. The van der Waals surface area contributed by atoms with Crippen molar-refractivity contribution in [3.63, 3.8) is 0 Å². The summed E-state index contributed by atoms with van der Waals surface area (Å²) < 4.78 is 0. The lowest BCUT2D eigenvalue weighted by molar-refractivity contribution is 0.642. The highest BCUT2D eigenvalue weighted by atomic mass is 15.2. The van der Waals surface area contributed by atoms with Crippen LogP contribution in [0.1, 0.15) is 45.6 Å². The van der Waals surface area contributed by atoms with Crippen LogP contribution >= 0.6 is 0 Å². The van der Waals surface area contributed by atoms with Crippen LogP contribution in [0.5, 0.6) is 0 Å². The van der Waals surface area contributed by atoms with E-state index >= 15 is 0 Å². The van der Waals surface area contributed by atoms with Gasteiger partial charge in [0.05, 0.1) is 0 Å². The van der Waals surface area contributed by atoms with E-state index in [1.807, 2.05) is 12.3 Å². The topological polar surface area (TPSA) is 28.2 Å². The van der Waals surface area contributed by atoms with Gasteiger partial charge < -0.3 is 10.2 Å². The summed E-state index contributed by atoms with van der Waals surface area (Å²) in [6, 6.07) is 5.48. The Hall–Kier alpha value is -1.09. The highest BCUT2D eigenvalue weighted by molar-refractivity contribution is 5.47. The normalized spacial score (nSPS) is 15.1. The molecule has 18 heavy (non-hydrogen) atoms. The second-order valence-corrected chi connectivity index (χ2v) is 5.43. The Bertz CT molecular complexity index is 372. The first-order chi connectivity index (χ1) is 8.72. The molecule has 1 aliphatic carbocycles. The lowest BCUT2D eigenvalue weighted by Crippen LogP contribution is -2.33. The molecule has 1 N–H and O–H groups in total. The lowest BCUT2D eigenvalue weighted by Gasteiger charge is -2.29. The van der Waals surface area contributed by atoms with Gasteiger partial charge in [-0.2, -0.15) is 0 Å². The van der Waals surface area contributed by atoms with E-state index in [0.29, 0.717) is 6.04 Å². The van der Waals surface area contributed by atoms with Crippen molar-refractivity contribution in [2.24, 2.45) is 0 Å². The van der Waals surface area contributed by atoms with Gasteiger partial charge in [-0.05, 0) is 39.2 Å². The van der Waals surface area contributed by atoms with E-state index in [1.54, 1.807) is 0 Å². The summed E-state index contributed by atoms with van der Waals surface area (Å²) in [5, 5.41) is 3.58. The number of anilines is 1. The van der Waals surface area contributed by atoms with Crippen molar-refractivity contribution in [1.82, 2.24) is 10.3 Å². The number of pyridine rings is 1. The molecule has 0 amide bonds. The van der Waals surface area contributed by atoms with E-state index in [9.17, 15) is 0 Å². The first kappa shape index (κ1) is 13.3. The van der Waals surface area contributed by atoms with Gasteiger partial charge in [-0.15, -0.1) is 0 Å². The predicted molar refractivity (Wildman–Crippen MR) is 76.9 cm³/mol. The molecule has 3 heteroatoms. The summed E-state index contributed by atoms with van der Waals surface area (Å²) in [4.78, 5) is 7.01. The number of hydrogen-bond acceptors (Lipinski definition) is 3. The Labute approximate surface area is 111 Å². The molecule has 1 heterocycles. The van der Waals surface area contributed by atoms with Crippen LogP contribution in [0.15, 0.2) is 18.3 Å². The third-order valence-electron chi connectivity index (χ3n) is 3.39. The zero-order valence-electron chi connectivity index (χ0n) is 11.8. The molecule has 3 nitrogen and oxygen atoms in total. The molecule has 1 saturated carbocycles. The van der Waals surface area contributed by atoms with Crippen molar-refractivity contribution in [2.45, 2.75) is 58.7 Å². The Morgan fingerprint density at radius 1 is 1.44 bits per heavy atom. The van der Waals surface area contributed by atoms with E-state index < -0.39 is 0 Å². The monoisotopic (exact) mass is 247 g/mol. The number of rotatable bonds is 7. The van der Waals surface area contributed by atoms with Crippen molar-refractivity contribution >= 4 is 5.82 Å². The molecular formula is C15H25N3. The van der Waals surface area contributed by atoms with Gasteiger partial charge in [-0.3, -0.25) is 0 Å². The molecule has 2 rings (SSSR count). The average Bonchev–Trinajstić information content (AvgIpc) is 3.18. The van der Waals surface area contributed by atoms with Crippen LogP contribution in [0.3, 0.4) is 0 Å². The molecule has 0 bridgehead atoms. The van der Waals surface area contributed by atoms with Crippen LogP contribution in [-0.4, -0.2) is 23.6 Å². The molecule has 0 aliphatic heterocycles. The molecule has 0 saturated heterocycles. The van der Waals surface area contributed by atoms with Crippen LogP contribution in [0, 0.1) is 0 Å². The fraction of sp³-hybridized carbons (Fsp3) is 0.667. The van der Waals surface area contributed by atoms with Crippen LogP contribution in [-0.2, 0) is 6.54 Å². The molecule has 0 spiro atoms. The fourth-order valence-corrected chi connectivity index (χ4v) is 2.22. The third kappa shape index (κ3) is 3.45. The summed E-state index contributed by atoms with van der Waals surface area (Å²) in [5.41, 5.74) is 1.33. The Kier molecular flexibility index (Phi) is 4.59. The largest absolute Gasteiger partial charge is 0.354 e. The minimum absolute atomic E-state index is 0.500. The van der Waals surface area contributed by atoms with E-state index in [1.165, 1.54) is 18.4 Å². The standard InChI is InChI=1S/C15H25N3/c1-4-10-18(12(2)3)15-13(6-5-9-16-15)11-17-14-7-8-14/h5-6,9,12,14,17H,4,7-8,10-11H2,1-3H3. The maximum atomic E-state index is 4.60. The lowest BCUT2D eigenvalue weighted by atomic mass is 10.2. The minimum Gasteiger partial charge on any atom is -0.354 e. The second kappa shape index (κ2) is 6.19.